The van der Waals surface area contributed by atoms with Crippen LogP contribution >= 0.6 is 11.3 Å². The third kappa shape index (κ3) is 4.92. The van der Waals surface area contributed by atoms with E-state index in [9.17, 15) is 9.18 Å². The zero-order chi connectivity index (χ0) is 20.2. The largest absolute Gasteiger partial charge is 0.337 e. The number of rotatable bonds is 7. The van der Waals surface area contributed by atoms with E-state index in [1.165, 1.54) is 22.6 Å². The number of fused-ring (bicyclic) bond motifs is 1. The van der Waals surface area contributed by atoms with E-state index in [4.69, 9.17) is 0 Å². The Balaban J connectivity index is 1.22. The summed E-state index contributed by atoms with van der Waals surface area (Å²) < 4.78 is 13.1. The number of H-pyrrole nitrogens is 1. The number of aryl methyl sites for hydroxylation is 1. The fraction of sp³-hybridized carbons (Fsp3) is 0.364. The number of hydrogen-bond acceptors (Lipinski definition) is 4. The SMILES string of the molecule is CN(CCCc1cc(-c2ccc(F)cc2)n[nH]1)CC(=O)N1CCc2sccc2C1. The molecule has 0 spiro atoms. The molecule has 3 aromatic rings. The average molecular weight is 413 g/mol. The number of nitrogens with zero attached hydrogens (tertiary/aromatic N) is 3. The summed E-state index contributed by atoms with van der Waals surface area (Å²) in [6.07, 6.45) is 2.76. The molecule has 0 aliphatic carbocycles. The summed E-state index contributed by atoms with van der Waals surface area (Å²) in [7, 11) is 1.99. The van der Waals surface area contributed by atoms with Gasteiger partial charge in [-0.3, -0.25) is 14.8 Å². The second-order valence-corrected chi connectivity index (χ2v) is 8.56. The molecule has 4 rings (SSSR count). The van der Waals surface area contributed by atoms with E-state index in [0.29, 0.717) is 6.54 Å². The van der Waals surface area contributed by atoms with E-state index in [-0.39, 0.29) is 11.7 Å². The molecule has 0 unspecified atom stereocenters. The predicted octanol–water partition coefficient (Wildman–Crippen LogP) is 3.73. The maximum atomic E-state index is 13.1. The molecule has 1 N–H and O–H groups in total. The molecule has 29 heavy (non-hydrogen) atoms. The Morgan fingerprint density at radius 2 is 2.14 bits per heavy atom. The van der Waals surface area contributed by atoms with Crippen molar-refractivity contribution in [3.8, 4) is 11.3 Å². The van der Waals surface area contributed by atoms with Gasteiger partial charge in [0, 0.05) is 29.2 Å². The van der Waals surface area contributed by atoms with Gasteiger partial charge in [0.2, 0.25) is 5.91 Å². The van der Waals surface area contributed by atoms with Crippen LogP contribution in [0.25, 0.3) is 11.3 Å². The first-order valence-electron chi connectivity index (χ1n) is 9.90. The highest BCUT2D eigenvalue weighted by Gasteiger charge is 2.22. The molecule has 0 saturated carbocycles. The van der Waals surface area contributed by atoms with Crippen molar-refractivity contribution in [2.45, 2.75) is 25.8 Å². The van der Waals surface area contributed by atoms with Gasteiger partial charge in [-0.15, -0.1) is 11.3 Å². The lowest BCUT2D eigenvalue weighted by molar-refractivity contribution is -0.133. The minimum absolute atomic E-state index is 0.199. The van der Waals surface area contributed by atoms with Crippen molar-refractivity contribution < 1.29 is 9.18 Å². The molecule has 3 heterocycles. The zero-order valence-electron chi connectivity index (χ0n) is 16.5. The summed E-state index contributed by atoms with van der Waals surface area (Å²) in [6, 6.07) is 10.5. The molecule has 0 atom stereocenters. The fourth-order valence-electron chi connectivity index (χ4n) is 3.67. The second kappa shape index (κ2) is 8.88. The van der Waals surface area contributed by atoms with Gasteiger partial charge in [0.25, 0.3) is 0 Å². The average Bonchev–Trinajstić information content (AvgIpc) is 3.37. The normalized spacial score (nSPS) is 13.7. The van der Waals surface area contributed by atoms with E-state index in [1.807, 2.05) is 18.0 Å². The van der Waals surface area contributed by atoms with Crippen LogP contribution in [0.5, 0.6) is 0 Å². The number of aromatic nitrogens is 2. The highest BCUT2D eigenvalue weighted by atomic mass is 32.1. The molecule has 0 bridgehead atoms. The molecule has 0 fully saturated rings. The Morgan fingerprint density at radius 1 is 1.31 bits per heavy atom. The number of carbonyl (C=O) groups is 1. The number of thiophene rings is 1. The number of likely N-dealkylation sites (N-methyl/N-ethyl adjacent to an activating group) is 1. The van der Waals surface area contributed by atoms with Gasteiger partial charge in [0.15, 0.2) is 0 Å². The number of benzene rings is 1. The number of amides is 1. The molecule has 1 aliphatic heterocycles. The van der Waals surface area contributed by atoms with Crippen LogP contribution in [0.2, 0.25) is 0 Å². The third-order valence-corrected chi connectivity index (χ3v) is 6.35. The van der Waals surface area contributed by atoms with Crippen LogP contribution in [-0.2, 0) is 24.2 Å². The van der Waals surface area contributed by atoms with Gasteiger partial charge in [-0.25, -0.2) is 4.39 Å². The Labute approximate surface area is 174 Å². The lowest BCUT2D eigenvalue weighted by Gasteiger charge is -2.29. The van der Waals surface area contributed by atoms with Gasteiger partial charge >= 0.3 is 0 Å². The number of aromatic amines is 1. The number of halogens is 1. The van der Waals surface area contributed by atoms with Gasteiger partial charge in [0.1, 0.15) is 5.82 Å². The van der Waals surface area contributed by atoms with E-state index in [2.05, 4.69) is 26.5 Å². The molecular formula is C22H25FN4OS. The quantitative estimate of drug-likeness (QED) is 0.643. The summed E-state index contributed by atoms with van der Waals surface area (Å²) in [6.45, 7) is 2.85. The van der Waals surface area contributed by atoms with Crippen LogP contribution in [0.1, 0.15) is 22.6 Å². The predicted molar refractivity (Wildman–Crippen MR) is 113 cm³/mol. The first-order chi connectivity index (χ1) is 14.1. The first-order valence-corrected chi connectivity index (χ1v) is 10.8. The van der Waals surface area contributed by atoms with Crippen LogP contribution < -0.4 is 0 Å². The van der Waals surface area contributed by atoms with Crippen LogP contribution in [0.4, 0.5) is 4.39 Å². The topological polar surface area (TPSA) is 52.2 Å². The van der Waals surface area contributed by atoms with Crippen molar-refractivity contribution in [1.29, 1.82) is 0 Å². The summed E-state index contributed by atoms with van der Waals surface area (Å²) in [5, 5.41) is 9.48. The lowest BCUT2D eigenvalue weighted by atomic mass is 10.1. The molecule has 5 nitrogen and oxygen atoms in total. The Kier molecular flexibility index (Phi) is 6.06. The van der Waals surface area contributed by atoms with Gasteiger partial charge in [0.05, 0.1) is 12.2 Å². The van der Waals surface area contributed by atoms with Crippen molar-refractivity contribution in [3.63, 3.8) is 0 Å². The lowest BCUT2D eigenvalue weighted by Crippen LogP contribution is -2.41. The number of carbonyl (C=O) groups excluding carboxylic acids is 1. The van der Waals surface area contributed by atoms with Crippen LogP contribution in [-0.4, -0.2) is 52.6 Å². The van der Waals surface area contributed by atoms with Gasteiger partial charge < -0.3 is 4.90 Å². The van der Waals surface area contributed by atoms with Gasteiger partial charge in [-0.05, 0) is 80.2 Å². The number of hydrogen-bond donors (Lipinski definition) is 1. The first kappa shape index (κ1) is 19.8. The summed E-state index contributed by atoms with van der Waals surface area (Å²) in [4.78, 5) is 18.1. The Bertz CT molecular complexity index is 965. The molecule has 152 valence electrons. The molecule has 1 amide bonds. The standard InChI is InChI=1S/C22H25FN4OS/c1-26(15-22(28)27-11-8-21-17(14-27)9-12-29-21)10-2-3-19-13-20(25-24-19)16-4-6-18(23)7-5-16/h4-7,9,12-13H,2-3,8,10-11,14-15H2,1H3,(H,24,25). The molecule has 0 radical (unpaired) electrons. The Hall–Kier alpha value is -2.51. The minimum atomic E-state index is -0.248. The molecule has 2 aromatic heterocycles. The van der Waals surface area contributed by atoms with E-state index < -0.39 is 0 Å². The monoisotopic (exact) mass is 412 g/mol. The third-order valence-electron chi connectivity index (χ3n) is 5.32. The van der Waals surface area contributed by atoms with Crippen LogP contribution in [0.15, 0.2) is 41.8 Å². The summed E-state index contributed by atoms with van der Waals surface area (Å²) >= 11 is 1.79. The minimum Gasteiger partial charge on any atom is -0.337 e. The van der Waals surface area contributed by atoms with Crippen molar-refractivity contribution in [1.82, 2.24) is 20.0 Å². The van der Waals surface area contributed by atoms with Crippen molar-refractivity contribution in [3.05, 3.63) is 63.7 Å². The molecule has 0 saturated heterocycles. The zero-order valence-corrected chi connectivity index (χ0v) is 17.3. The molecule has 1 aliphatic rings. The maximum absolute atomic E-state index is 13.1. The highest BCUT2D eigenvalue weighted by molar-refractivity contribution is 7.10. The van der Waals surface area contributed by atoms with Gasteiger partial charge in [-0.2, -0.15) is 5.10 Å². The van der Waals surface area contributed by atoms with Crippen molar-refractivity contribution >= 4 is 17.2 Å². The van der Waals surface area contributed by atoms with Gasteiger partial charge in [-0.1, -0.05) is 0 Å². The van der Waals surface area contributed by atoms with Crippen molar-refractivity contribution in [2.24, 2.45) is 0 Å². The molecule has 1 aromatic carbocycles. The fourth-order valence-corrected chi connectivity index (χ4v) is 4.56. The number of nitrogens with one attached hydrogen (secondary N) is 1. The van der Waals surface area contributed by atoms with Crippen molar-refractivity contribution in [2.75, 3.05) is 26.7 Å². The van der Waals surface area contributed by atoms with E-state index in [1.54, 1.807) is 23.5 Å². The Morgan fingerprint density at radius 3 is 2.97 bits per heavy atom. The maximum Gasteiger partial charge on any atom is 0.237 e. The summed E-state index contributed by atoms with van der Waals surface area (Å²) in [5.74, 6) is -0.0492. The van der Waals surface area contributed by atoms with Crippen LogP contribution in [0.3, 0.4) is 0 Å². The molecular weight excluding hydrogens is 387 g/mol. The smallest absolute Gasteiger partial charge is 0.237 e. The van der Waals surface area contributed by atoms with E-state index in [0.717, 1.165) is 55.8 Å². The molecule has 7 heteroatoms. The highest BCUT2D eigenvalue weighted by Crippen LogP contribution is 2.24. The second-order valence-electron chi connectivity index (χ2n) is 7.56. The van der Waals surface area contributed by atoms with E-state index >= 15 is 0 Å². The summed E-state index contributed by atoms with van der Waals surface area (Å²) in [5.41, 5.74) is 4.06. The van der Waals surface area contributed by atoms with Crippen LogP contribution in [0, 0.1) is 5.82 Å².